The highest BCUT2D eigenvalue weighted by Gasteiger charge is 2.41. The molecule has 0 aliphatic carbocycles. The van der Waals surface area contributed by atoms with Crippen molar-refractivity contribution in [3.63, 3.8) is 0 Å². The minimum absolute atomic E-state index is 0.154. The quantitative estimate of drug-likeness (QED) is 0.445. The van der Waals surface area contributed by atoms with E-state index in [0.717, 1.165) is 15.8 Å². The van der Waals surface area contributed by atoms with Gasteiger partial charge in [-0.2, -0.15) is 0 Å². The molecule has 1 aromatic carbocycles. The molecule has 178 valence electrons. The molecule has 0 saturated carbocycles. The Morgan fingerprint density at radius 2 is 2.15 bits per heavy atom. The fourth-order valence-corrected chi connectivity index (χ4v) is 5.27. The van der Waals surface area contributed by atoms with Gasteiger partial charge in [-0.15, -0.1) is 11.3 Å². The van der Waals surface area contributed by atoms with Crippen molar-refractivity contribution in [1.29, 1.82) is 0 Å². The van der Waals surface area contributed by atoms with Crippen LogP contribution in [0.4, 0.5) is 4.39 Å². The number of hydrogen-bond acceptors (Lipinski definition) is 5. The topological polar surface area (TPSA) is 62.7 Å². The monoisotopic (exact) mass is 480 g/mol. The average molecular weight is 481 g/mol. The number of fused-ring (bicyclic) bond motifs is 1. The van der Waals surface area contributed by atoms with Crippen molar-refractivity contribution in [2.24, 2.45) is 5.41 Å². The second-order valence-corrected chi connectivity index (χ2v) is 9.83. The van der Waals surface area contributed by atoms with E-state index in [9.17, 15) is 9.90 Å². The SMILES string of the molecule is COc1ccc2ncc(C)c([C@@H](F)CCC3(C(=O)O)CCN(CC#Cc4cccs4)CC3)c2c1. The predicted octanol–water partition coefficient (Wildman–Crippen LogP) is 5.62. The number of halogens is 1. The number of aromatic nitrogens is 1. The fraction of sp³-hybridized carbons (Fsp3) is 0.407. The van der Waals surface area contributed by atoms with Crippen LogP contribution in [0.15, 0.2) is 41.9 Å². The maximum absolute atomic E-state index is 15.6. The minimum Gasteiger partial charge on any atom is -0.497 e. The van der Waals surface area contributed by atoms with Crippen LogP contribution in [0.3, 0.4) is 0 Å². The van der Waals surface area contributed by atoms with Gasteiger partial charge in [0.1, 0.15) is 11.9 Å². The van der Waals surface area contributed by atoms with E-state index in [1.165, 1.54) is 0 Å². The number of carboxylic acids is 1. The van der Waals surface area contributed by atoms with E-state index in [0.29, 0.717) is 55.7 Å². The summed E-state index contributed by atoms with van der Waals surface area (Å²) in [5.41, 5.74) is 1.13. The van der Waals surface area contributed by atoms with Crippen LogP contribution in [0.25, 0.3) is 10.9 Å². The Balaban J connectivity index is 1.43. The van der Waals surface area contributed by atoms with Crippen molar-refractivity contribution in [3.05, 3.63) is 57.9 Å². The third-order valence-electron chi connectivity index (χ3n) is 6.81. The van der Waals surface area contributed by atoms with Crippen molar-refractivity contribution in [3.8, 4) is 17.6 Å². The van der Waals surface area contributed by atoms with Gasteiger partial charge in [0.2, 0.25) is 0 Å². The van der Waals surface area contributed by atoms with Gasteiger partial charge in [-0.3, -0.25) is 14.7 Å². The van der Waals surface area contributed by atoms with Crippen LogP contribution in [-0.2, 0) is 4.79 Å². The van der Waals surface area contributed by atoms with Crippen molar-refractivity contribution < 1.29 is 19.0 Å². The summed E-state index contributed by atoms with van der Waals surface area (Å²) in [6.07, 6.45) is 1.86. The number of rotatable bonds is 7. The first-order valence-corrected chi connectivity index (χ1v) is 12.4. The zero-order chi connectivity index (χ0) is 24.1. The number of methoxy groups -OCH3 is 1. The molecule has 1 atom stereocenters. The molecule has 1 saturated heterocycles. The molecule has 34 heavy (non-hydrogen) atoms. The number of aliphatic carboxylic acids is 1. The van der Waals surface area contributed by atoms with Crippen molar-refractivity contribution in [1.82, 2.24) is 9.88 Å². The Labute approximate surface area is 203 Å². The molecule has 0 radical (unpaired) electrons. The summed E-state index contributed by atoms with van der Waals surface area (Å²) in [5, 5.41) is 12.8. The van der Waals surface area contributed by atoms with E-state index in [1.807, 2.05) is 30.5 Å². The van der Waals surface area contributed by atoms with E-state index in [4.69, 9.17) is 4.74 Å². The molecule has 2 aromatic heterocycles. The first kappa shape index (κ1) is 24.2. The first-order chi connectivity index (χ1) is 16.4. The summed E-state index contributed by atoms with van der Waals surface area (Å²) >= 11 is 1.61. The van der Waals surface area contributed by atoms with E-state index < -0.39 is 17.6 Å². The van der Waals surface area contributed by atoms with Gasteiger partial charge in [-0.05, 0) is 73.4 Å². The second kappa shape index (κ2) is 10.5. The van der Waals surface area contributed by atoms with Crippen molar-refractivity contribution >= 4 is 28.2 Å². The van der Waals surface area contributed by atoms with Crippen LogP contribution in [0.1, 0.15) is 47.9 Å². The number of thiophene rings is 1. The summed E-state index contributed by atoms with van der Waals surface area (Å²) in [4.78, 5) is 19.9. The zero-order valence-corrected chi connectivity index (χ0v) is 20.3. The molecule has 3 heterocycles. The molecule has 1 N–H and O–H groups in total. The van der Waals surface area contributed by atoms with Crippen LogP contribution < -0.4 is 4.74 Å². The molecular formula is C27H29FN2O3S. The van der Waals surface area contributed by atoms with Crippen LogP contribution >= 0.6 is 11.3 Å². The Kier molecular flexibility index (Phi) is 7.50. The number of pyridine rings is 1. The smallest absolute Gasteiger partial charge is 0.309 e. The maximum atomic E-state index is 15.6. The summed E-state index contributed by atoms with van der Waals surface area (Å²) in [7, 11) is 1.58. The minimum atomic E-state index is -1.27. The van der Waals surface area contributed by atoms with Gasteiger partial charge in [-0.25, -0.2) is 4.39 Å². The first-order valence-electron chi connectivity index (χ1n) is 11.5. The highest BCUT2D eigenvalue weighted by molar-refractivity contribution is 7.10. The third-order valence-corrected chi connectivity index (χ3v) is 7.59. The molecule has 0 amide bonds. The molecule has 0 bridgehead atoms. The lowest BCUT2D eigenvalue weighted by molar-refractivity contribution is -0.152. The Morgan fingerprint density at radius 1 is 1.35 bits per heavy atom. The zero-order valence-electron chi connectivity index (χ0n) is 19.5. The van der Waals surface area contributed by atoms with Crippen LogP contribution in [-0.4, -0.2) is 47.7 Å². The average Bonchev–Trinajstić information content (AvgIpc) is 3.36. The van der Waals surface area contributed by atoms with Gasteiger partial charge < -0.3 is 9.84 Å². The molecule has 0 unspecified atom stereocenters. The summed E-state index contributed by atoms with van der Waals surface area (Å²) in [6.45, 7) is 3.76. The second-order valence-electron chi connectivity index (χ2n) is 8.88. The standard InChI is InChI=1S/C27H29FN2O3S/c1-19-18-29-24-8-7-20(33-2)17-22(24)25(19)23(28)9-10-27(26(31)32)11-14-30(15-12-27)13-3-5-21-6-4-16-34-21/h4,6-8,16-18,23H,9-15H2,1-2H3,(H,31,32)/t23-/m0/s1. The lowest BCUT2D eigenvalue weighted by Crippen LogP contribution is -2.44. The van der Waals surface area contributed by atoms with Crippen molar-refractivity contribution in [2.75, 3.05) is 26.7 Å². The molecule has 1 aliphatic heterocycles. The van der Waals surface area contributed by atoms with E-state index in [1.54, 1.807) is 36.8 Å². The van der Waals surface area contributed by atoms with Gasteiger partial charge in [0.15, 0.2) is 0 Å². The van der Waals surface area contributed by atoms with Gasteiger partial charge in [-0.1, -0.05) is 17.9 Å². The van der Waals surface area contributed by atoms with Gasteiger partial charge in [0.25, 0.3) is 0 Å². The molecule has 5 nitrogen and oxygen atoms in total. The van der Waals surface area contributed by atoms with Gasteiger partial charge in [0.05, 0.1) is 29.5 Å². The maximum Gasteiger partial charge on any atom is 0.309 e. The van der Waals surface area contributed by atoms with E-state index >= 15 is 4.39 Å². The normalized spacial score (nSPS) is 16.6. The number of carbonyl (C=O) groups is 1. The fourth-order valence-electron chi connectivity index (χ4n) is 4.68. The number of carboxylic acid groups (broad SMARTS) is 1. The number of likely N-dealkylation sites (tertiary alicyclic amines) is 1. The summed E-state index contributed by atoms with van der Waals surface area (Å²) < 4.78 is 21.0. The number of benzene rings is 1. The molecule has 3 aromatic rings. The van der Waals surface area contributed by atoms with Crippen LogP contribution in [0.2, 0.25) is 0 Å². The number of piperidine rings is 1. The number of aryl methyl sites for hydroxylation is 1. The molecule has 1 aliphatic rings. The Morgan fingerprint density at radius 3 is 2.82 bits per heavy atom. The summed E-state index contributed by atoms with van der Waals surface area (Å²) in [6, 6.07) is 9.39. The number of nitrogens with zero attached hydrogens (tertiary/aromatic N) is 2. The van der Waals surface area contributed by atoms with Crippen LogP contribution in [0, 0.1) is 24.2 Å². The highest BCUT2D eigenvalue weighted by Crippen LogP contribution is 2.41. The number of hydrogen-bond donors (Lipinski definition) is 1. The Bertz CT molecular complexity index is 1210. The van der Waals surface area contributed by atoms with Gasteiger partial charge >= 0.3 is 5.97 Å². The Hall–Kier alpha value is -2.95. The number of ether oxygens (including phenoxy) is 1. The molecule has 7 heteroatoms. The largest absolute Gasteiger partial charge is 0.497 e. The van der Waals surface area contributed by atoms with E-state index in [2.05, 4.69) is 21.7 Å². The molecule has 0 spiro atoms. The third kappa shape index (κ3) is 5.24. The lowest BCUT2D eigenvalue weighted by atomic mass is 9.74. The molecule has 1 fully saturated rings. The van der Waals surface area contributed by atoms with Crippen molar-refractivity contribution in [2.45, 2.75) is 38.8 Å². The summed E-state index contributed by atoms with van der Waals surface area (Å²) in [5.74, 6) is 6.14. The molecular weight excluding hydrogens is 451 g/mol. The molecule has 4 rings (SSSR count). The highest BCUT2D eigenvalue weighted by atomic mass is 32.1. The van der Waals surface area contributed by atoms with Crippen LogP contribution in [0.5, 0.6) is 5.75 Å². The van der Waals surface area contributed by atoms with E-state index in [-0.39, 0.29) is 6.42 Å². The van der Waals surface area contributed by atoms with Gasteiger partial charge in [0, 0.05) is 24.7 Å². The number of alkyl halides is 1. The lowest BCUT2D eigenvalue weighted by Gasteiger charge is -2.38. The predicted molar refractivity (Wildman–Crippen MR) is 133 cm³/mol.